The van der Waals surface area contributed by atoms with Gasteiger partial charge in [0.15, 0.2) is 0 Å². The molecule has 1 aromatic rings. The third-order valence-electron chi connectivity index (χ3n) is 4.87. The Morgan fingerprint density at radius 2 is 1.84 bits per heavy atom. The van der Waals surface area contributed by atoms with Crippen molar-refractivity contribution in [3.05, 3.63) is 35.9 Å². The maximum Gasteiger partial charge on any atom is 0.0369 e. The van der Waals surface area contributed by atoms with Gasteiger partial charge in [-0.2, -0.15) is 0 Å². The highest BCUT2D eigenvalue weighted by Gasteiger charge is 2.35. The molecule has 0 spiro atoms. The van der Waals surface area contributed by atoms with Crippen LogP contribution in [0.15, 0.2) is 30.3 Å². The fourth-order valence-electron chi connectivity index (χ4n) is 3.26. The van der Waals surface area contributed by atoms with E-state index in [0.717, 1.165) is 25.3 Å². The van der Waals surface area contributed by atoms with E-state index < -0.39 is 0 Å². The number of likely N-dealkylation sites (tertiary alicyclic amines) is 1. The number of nitrogens with zero attached hydrogens (tertiary/aromatic N) is 1. The van der Waals surface area contributed by atoms with Gasteiger partial charge in [0.25, 0.3) is 0 Å². The number of hydrogen-bond donors (Lipinski definition) is 1. The molecule has 1 aliphatic heterocycles. The molecule has 0 aromatic heterocycles. The Hall–Kier alpha value is -0.860. The standard InChI is InChI=1S/C17H28N2/c1-3-17(14-18,13-16-7-5-4-6-8-16)19-11-9-15(2)10-12-19/h4-8,15H,3,9-14,18H2,1-2H3. The molecule has 2 heteroatoms. The predicted octanol–water partition coefficient (Wildman–Crippen LogP) is 3.07. The number of hydrogen-bond acceptors (Lipinski definition) is 2. The average Bonchev–Trinajstić information content (AvgIpc) is 2.47. The minimum atomic E-state index is 0.154. The molecule has 1 fully saturated rings. The van der Waals surface area contributed by atoms with E-state index in [9.17, 15) is 0 Å². The first-order chi connectivity index (χ1) is 9.20. The van der Waals surface area contributed by atoms with Crippen LogP contribution in [0.1, 0.15) is 38.7 Å². The molecule has 2 nitrogen and oxygen atoms in total. The van der Waals surface area contributed by atoms with Crippen LogP contribution in [0, 0.1) is 5.92 Å². The molecule has 2 N–H and O–H groups in total. The number of rotatable bonds is 5. The smallest absolute Gasteiger partial charge is 0.0369 e. The molecule has 1 saturated heterocycles. The number of benzene rings is 1. The Labute approximate surface area is 118 Å². The van der Waals surface area contributed by atoms with Crippen molar-refractivity contribution in [2.45, 2.75) is 45.1 Å². The summed E-state index contributed by atoms with van der Waals surface area (Å²) < 4.78 is 0. The molecule has 1 heterocycles. The Morgan fingerprint density at radius 1 is 1.21 bits per heavy atom. The zero-order valence-corrected chi connectivity index (χ0v) is 12.4. The molecule has 0 saturated carbocycles. The number of nitrogens with two attached hydrogens (primary N) is 1. The van der Waals surface area contributed by atoms with Crippen LogP contribution < -0.4 is 5.73 Å². The van der Waals surface area contributed by atoms with Crippen LogP contribution in [0.5, 0.6) is 0 Å². The molecule has 0 radical (unpaired) electrons. The van der Waals surface area contributed by atoms with E-state index >= 15 is 0 Å². The zero-order chi connectivity index (χ0) is 13.7. The fraction of sp³-hybridized carbons (Fsp3) is 0.647. The Bertz CT molecular complexity index is 362. The molecule has 2 rings (SSSR count). The molecule has 1 aliphatic rings. The van der Waals surface area contributed by atoms with Crippen molar-refractivity contribution in [2.75, 3.05) is 19.6 Å². The van der Waals surface area contributed by atoms with Crippen LogP contribution in [0.4, 0.5) is 0 Å². The van der Waals surface area contributed by atoms with E-state index in [1.165, 1.54) is 31.5 Å². The Kier molecular flexibility index (Phi) is 5.00. The molecule has 106 valence electrons. The molecule has 0 aliphatic carbocycles. The molecular formula is C17H28N2. The first kappa shape index (κ1) is 14.5. The molecule has 1 aromatic carbocycles. The lowest BCUT2D eigenvalue weighted by atomic mass is 9.83. The maximum atomic E-state index is 6.19. The van der Waals surface area contributed by atoms with Crippen molar-refractivity contribution in [1.29, 1.82) is 0 Å². The third-order valence-corrected chi connectivity index (χ3v) is 4.87. The summed E-state index contributed by atoms with van der Waals surface area (Å²) >= 11 is 0. The van der Waals surface area contributed by atoms with Gasteiger partial charge in [-0.25, -0.2) is 0 Å². The van der Waals surface area contributed by atoms with Crippen LogP contribution in [0.25, 0.3) is 0 Å². The summed E-state index contributed by atoms with van der Waals surface area (Å²) in [7, 11) is 0. The first-order valence-corrected chi connectivity index (χ1v) is 7.69. The second-order valence-electron chi connectivity index (χ2n) is 6.11. The number of piperidine rings is 1. The SMILES string of the molecule is CCC(CN)(Cc1ccccc1)N1CCC(C)CC1. The van der Waals surface area contributed by atoms with Crippen molar-refractivity contribution in [3.8, 4) is 0 Å². The van der Waals surface area contributed by atoms with E-state index in [-0.39, 0.29) is 5.54 Å². The minimum absolute atomic E-state index is 0.154. The Morgan fingerprint density at radius 3 is 2.37 bits per heavy atom. The van der Waals surface area contributed by atoms with Gasteiger partial charge in [0, 0.05) is 12.1 Å². The summed E-state index contributed by atoms with van der Waals surface area (Å²) in [5.74, 6) is 0.875. The summed E-state index contributed by atoms with van der Waals surface area (Å²) in [5.41, 5.74) is 7.75. The fourth-order valence-corrected chi connectivity index (χ4v) is 3.26. The zero-order valence-electron chi connectivity index (χ0n) is 12.4. The lowest BCUT2D eigenvalue weighted by Crippen LogP contribution is -2.57. The van der Waals surface area contributed by atoms with E-state index in [4.69, 9.17) is 5.73 Å². The summed E-state index contributed by atoms with van der Waals surface area (Å²) in [5, 5.41) is 0. The van der Waals surface area contributed by atoms with Gasteiger partial charge in [0.1, 0.15) is 0 Å². The summed E-state index contributed by atoms with van der Waals surface area (Å²) in [6, 6.07) is 10.8. The van der Waals surface area contributed by atoms with Gasteiger partial charge in [-0.1, -0.05) is 44.2 Å². The quantitative estimate of drug-likeness (QED) is 0.881. The van der Waals surface area contributed by atoms with E-state index in [1.54, 1.807) is 0 Å². The van der Waals surface area contributed by atoms with Gasteiger partial charge in [0.2, 0.25) is 0 Å². The molecule has 1 unspecified atom stereocenters. The lowest BCUT2D eigenvalue weighted by Gasteiger charge is -2.46. The third kappa shape index (κ3) is 3.37. The van der Waals surface area contributed by atoms with Crippen LogP contribution >= 0.6 is 0 Å². The molecule has 0 bridgehead atoms. The second kappa shape index (κ2) is 6.53. The minimum Gasteiger partial charge on any atom is -0.329 e. The molecular weight excluding hydrogens is 232 g/mol. The van der Waals surface area contributed by atoms with E-state index in [2.05, 4.69) is 49.1 Å². The van der Waals surface area contributed by atoms with E-state index in [1.807, 2.05) is 0 Å². The van der Waals surface area contributed by atoms with Crippen molar-refractivity contribution >= 4 is 0 Å². The molecule has 0 amide bonds. The van der Waals surface area contributed by atoms with Crippen molar-refractivity contribution < 1.29 is 0 Å². The van der Waals surface area contributed by atoms with Gasteiger partial charge in [-0.3, -0.25) is 4.90 Å². The highest BCUT2D eigenvalue weighted by Crippen LogP contribution is 2.29. The lowest BCUT2D eigenvalue weighted by molar-refractivity contribution is 0.0541. The highest BCUT2D eigenvalue weighted by atomic mass is 15.2. The largest absolute Gasteiger partial charge is 0.329 e. The van der Waals surface area contributed by atoms with Gasteiger partial charge in [-0.15, -0.1) is 0 Å². The van der Waals surface area contributed by atoms with Gasteiger partial charge >= 0.3 is 0 Å². The highest BCUT2D eigenvalue weighted by molar-refractivity contribution is 5.18. The van der Waals surface area contributed by atoms with Crippen molar-refractivity contribution in [1.82, 2.24) is 4.90 Å². The van der Waals surface area contributed by atoms with E-state index in [0.29, 0.717) is 0 Å². The van der Waals surface area contributed by atoms with Gasteiger partial charge in [0.05, 0.1) is 0 Å². The monoisotopic (exact) mass is 260 g/mol. The summed E-state index contributed by atoms with van der Waals surface area (Å²) in [6.45, 7) is 7.82. The topological polar surface area (TPSA) is 29.3 Å². The normalized spacial score (nSPS) is 21.2. The average molecular weight is 260 g/mol. The summed E-state index contributed by atoms with van der Waals surface area (Å²) in [6.07, 6.45) is 4.84. The van der Waals surface area contributed by atoms with Gasteiger partial charge in [-0.05, 0) is 50.3 Å². The van der Waals surface area contributed by atoms with Crippen molar-refractivity contribution in [2.24, 2.45) is 11.7 Å². The van der Waals surface area contributed by atoms with Crippen LogP contribution in [-0.2, 0) is 6.42 Å². The van der Waals surface area contributed by atoms with Crippen LogP contribution in [0.3, 0.4) is 0 Å². The Balaban J connectivity index is 2.13. The molecule has 1 atom stereocenters. The predicted molar refractivity (Wildman–Crippen MR) is 82.2 cm³/mol. The van der Waals surface area contributed by atoms with Crippen LogP contribution in [-0.4, -0.2) is 30.1 Å². The first-order valence-electron chi connectivity index (χ1n) is 7.69. The maximum absolute atomic E-state index is 6.19. The molecule has 19 heavy (non-hydrogen) atoms. The summed E-state index contributed by atoms with van der Waals surface area (Å²) in [4.78, 5) is 2.65. The van der Waals surface area contributed by atoms with Crippen LogP contribution in [0.2, 0.25) is 0 Å². The van der Waals surface area contributed by atoms with Crippen molar-refractivity contribution in [3.63, 3.8) is 0 Å². The van der Waals surface area contributed by atoms with Gasteiger partial charge < -0.3 is 5.73 Å². The second-order valence-corrected chi connectivity index (χ2v) is 6.11.